The van der Waals surface area contributed by atoms with Crippen molar-refractivity contribution in [2.24, 2.45) is 0 Å². The molecule has 3 aliphatic heterocycles. The number of benzene rings is 12. The lowest BCUT2D eigenvalue weighted by Gasteiger charge is -2.47. The first-order chi connectivity index (χ1) is 47.3. The number of para-hydroxylation sites is 2. The van der Waals surface area contributed by atoms with E-state index < -0.39 is 0 Å². The molecule has 0 fully saturated rings. The van der Waals surface area contributed by atoms with Crippen LogP contribution >= 0.6 is 11.3 Å². The maximum Gasteiger partial charge on any atom is 0.252 e. The van der Waals surface area contributed by atoms with E-state index in [2.05, 4.69) is 377 Å². The second-order valence-corrected chi connectivity index (χ2v) is 34.2. The molecule has 0 saturated carbocycles. The molecule has 5 heterocycles. The lowest BCUT2D eigenvalue weighted by atomic mass is 9.33. The summed E-state index contributed by atoms with van der Waals surface area (Å²) in [5, 5.41) is 5.17. The Morgan fingerprint density at radius 1 is 0.323 bits per heavy atom. The maximum absolute atomic E-state index is 2.72. The minimum Gasteiger partial charge on any atom is -0.311 e. The predicted molar refractivity (Wildman–Crippen MR) is 430 cm³/mol. The van der Waals surface area contributed by atoms with Crippen molar-refractivity contribution in [1.29, 1.82) is 0 Å². The van der Waals surface area contributed by atoms with E-state index in [-0.39, 0.29) is 33.8 Å². The van der Waals surface area contributed by atoms with E-state index in [1.54, 1.807) is 0 Å². The third kappa shape index (κ3) is 10.1. The van der Waals surface area contributed by atoms with Crippen LogP contribution in [0.5, 0.6) is 0 Å². The van der Waals surface area contributed by atoms with Gasteiger partial charge in [0.05, 0.1) is 33.8 Å². The van der Waals surface area contributed by atoms with Crippen molar-refractivity contribution in [2.45, 2.75) is 131 Å². The standard InChI is InChI=1S/C92H86BN5S/c1-88(2,3)58-35-42-65(43-36-58)94(66-44-37-59(38-45-66)89(4,5)6)68-46-47-75-78(54-68)96(67-40-33-57(34-41-67)70-30-24-31-72-71-29-22-23-32-83(71)99-87(70)72)79-55-69(95(63-25-18-16-19-26-63)64-27-20-17-21-28-64)56-80-84(79)93(75)76-51-62(92(13,14)15)53-82-86(76)98(80)81-52-61(91(10,11)12)50-74-73-49-60(90(7,8)9)39-48-77(73)97(82)85(74)81/h16-56H,1-15H3. The summed E-state index contributed by atoms with van der Waals surface area (Å²) in [4.78, 5) is 10.3. The molecule has 3 aliphatic rings. The van der Waals surface area contributed by atoms with E-state index >= 15 is 0 Å². The lowest BCUT2D eigenvalue weighted by Crippen LogP contribution is -2.62. The minimum absolute atomic E-state index is 0.0159. The molecule has 17 rings (SSSR count). The maximum atomic E-state index is 2.72. The summed E-state index contributed by atoms with van der Waals surface area (Å²) < 4.78 is 5.28. The molecule has 0 radical (unpaired) electrons. The molecular formula is C92H86BN5S. The monoisotopic (exact) mass is 1300 g/mol. The SMILES string of the molecule is CC(C)(C)c1ccc(N(c2ccc(C(C)(C)C)cc2)c2ccc3c(c2)N(c2ccc(-c4cccc5c4sc4ccccc45)cc2)c2cc(N(c4ccccc4)c4ccccc4)cc4c2B3c2cc(C(C)(C)C)cc3c2N4c2cc(C(C)(C)C)cc4c5cc(C(C)(C)C)ccc5n-3c24)cc1. The van der Waals surface area contributed by atoms with Crippen LogP contribution in [0.1, 0.15) is 132 Å². The summed E-state index contributed by atoms with van der Waals surface area (Å²) in [7, 11) is 0. The summed E-state index contributed by atoms with van der Waals surface area (Å²) >= 11 is 1.89. The van der Waals surface area contributed by atoms with Crippen LogP contribution in [0.4, 0.5) is 68.2 Å². The van der Waals surface area contributed by atoms with Gasteiger partial charge in [0.2, 0.25) is 0 Å². The van der Waals surface area contributed by atoms with Crippen molar-refractivity contribution in [1.82, 2.24) is 4.57 Å². The van der Waals surface area contributed by atoms with Gasteiger partial charge < -0.3 is 24.2 Å². The fraction of sp³-hybridized carbons (Fsp3) is 0.217. The highest BCUT2D eigenvalue weighted by Gasteiger charge is 2.48. The molecule has 0 unspecified atom stereocenters. The third-order valence-corrected chi connectivity index (χ3v) is 22.6. The van der Waals surface area contributed by atoms with E-state index in [9.17, 15) is 0 Å². The summed E-state index contributed by atoms with van der Waals surface area (Å²) in [5.74, 6) is 0. The number of fused-ring (bicyclic) bond motifs is 12. The molecule has 0 atom stereocenters. The highest BCUT2D eigenvalue weighted by atomic mass is 32.1. The van der Waals surface area contributed by atoms with Gasteiger partial charge in [0.1, 0.15) is 0 Å². The van der Waals surface area contributed by atoms with E-state index in [1.165, 1.54) is 120 Å². The Morgan fingerprint density at radius 2 is 0.818 bits per heavy atom. The molecule has 99 heavy (non-hydrogen) atoms. The number of hydrogen-bond acceptors (Lipinski definition) is 5. The second-order valence-electron chi connectivity index (χ2n) is 33.1. The van der Waals surface area contributed by atoms with Crippen molar-refractivity contribution in [3.05, 3.63) is 277 Å². The van der Waals surface area contributed by atoms with Crippen LogP contribution in [0.25, 0.3) is 58.8 Å². The smallest absolute Gasteiger partial charge is 0.252 e. The number of rotatable bonds is 8. The van der Waals surface area contributed by atoms with Gasteiger partial charge >= 0.3 is 0 Å². The first-order valence-corrected chi connectivity index (χ1v) is 36.2. The van der Waals surface area contributed by atoms with Crippen LogP contribution < -0.4 is 36.0 Å². The Balaban J connectivity index is 1.00. The topological polar surface area (TPSA) is 17.9 Å². The van der Waals surface area contributed by atoms with Gasteiger partial charge in [0.15, 0.2) is 0 Å². The molecular weight excluding hydrogens is 1220 g/mol. The zero-order chi connectivity index (χ0) is 68.6. The number of aromatic nitrogens is 1. The van der Waals surface area contributed by atoms with Crippen molar-refractivity contribution < 1.29 is 0 Å². The lowest BCUT2D eigenvalue weighted by molar-refractivity contribution is 0.590. The van der Waals surface area contributed by atoms with Crippen LogP contribution in [0.15, 0.2) is 249 Å². The van der Waals surface area contributed by atoms with E-state index in [0.717, 1.165) is 51.2 Å². The van der Waals surface area contributed by atoms with Gasteiger partial charge in [-0.3, -0.25) is 0 Å². The Hall–Kier alpha value is -10.1. The second kappa shape index (κ2) is 22.2. The first-order valence-electron chi connectivity index (χ1n) is 35.4. The normalized spacial score (nSPS) is 13.5. The highest BCUT2D eigenvalue weighted by molar-refractivity contribution is 7.26. The van der Waals surface area contributed by atoms with Gasteiger partial charge in [-0.2, -0.15) is 0 Å². The number of anilines is 12. The fourth-order valence-corrected chi connectivity index (χ4v) is 17.2. The van der Waals surface area contributed by atoms with Crippen LogP contribution in [0, 0.1) is 0 Å². The molecule has 7 heteroatoms. The number of thiophene rings is 1. The predicted octanol–water partition coefficient (Wildman–Crippen LogP) is 24.6. The molecule has 0 amide bonds. The molecule has 0 bridgehead atoms. The average Bonchev–Trinajstić information content (AvgIpc) is 1.67. The molecule has 0 N–H and O–H groups in total. The van der Waals surface area contributed by atoms with Crippen LogP contribution in [0.2, 0.25) is 0 Å². The molecule has 5 nitrogen and oxygen atoms in total. The molecule has 2 aromatic heterocycles. The minimum atomic E-state index is -0.200. The van der Waals surface area contributed by atoms with Crippen LogP contribution in [-0.4, -0.2) is 11.3 Å². The molecule has 14 aromatic rings. The molecule has 12 aromatic carbocycles. The third-order valence-electron chi connectivity index (χ3n) is 21.4. The van der Waals surface area contributed by atoms with Gasteiger partial charge in [0.25, 0.3) is 6.71 Å². The first kappa shape index (κ1) is 62.4. The molecule has 0 aliphatic carbocycles. The summed E-state index contributed by atoms with van der Waals surface area (Å²) in [6.45, 7) is 35.0. The molecule has 488 valence electrons. The Labute approximate surface area is 589 Å². The quantitative estimate of drug-likeness (QED) is 0.141. The largest absolute Gasteiger partial charge is 0.311 e. The number of nitrogens with zero attached hydrogens (tertiary/aromatic N) is 5. The van der Waals surface area contributed by atoms with Gasteiger partial charge in [-0.1, -0.05) is 231 Å². The zero-order valence-electron chi connectivity index (χ0n) is 59.9. The zero-order valence-corrected chi connectivity index (χ0v) is 60.7. The summed E-state index contributed by atoms with van der Waals surface area (Å²) in [6.07, 6.45) is 0. The Kier molecular flexibility index (Phi) is 14.0. The molecule has 0 spiro atoms. The van der Waals surface area contributed by atoms with Crippen molar-refractivity contribution >= 4 is 145 Å². The van der Waals surface area contributed by atoms with Crippen molar-refractivity contribution in [3.8, 4) is 16.8 Å². The van der Waals surface area contributed by atoms with E-state index in [4.69, 9.17) is 0 Å². The van der Waals surface area contributed by atoms with Gasteiger partial charge in [0, 0.05) is 82.1 Å². The van der Waals surface area contributed by atoms with Crippen LogP contribution in [-0.2, 0) is 27.1 Å². The fourth-order valence-electron chi connectivity index (χ4n) is 16.0. The Morgan fingerprint density at radius 3 is 1.42 bits per heavy atom. The highest BCUT2D eigenvalue weighted by Crippen LogP contribution is 2.57. The van der Waals surface area contributed by atoms with Gasteiger partial charge in [-0.05, 0) is 204 Å². The number of hydrogen-bond donors (Lipinski definition) is 0. The van der Waals surface area contributed by atoms with E-state index in [0.29, 0.717) is 0 Å². The van der Waals surface area contributed by atoms with E-state index in [1.807, 2.05) is 11.3 Å². The summed E-state index contributed by atoms with van der Waals surface area (Å²) in [6, 6.07) is 95.9. The average molecular weight is 1300 g/mol. The van der Waals surface area contributed by atoms with Crippen molar-refractivity contribution in [3.63, 3.8) is 0 Å². The van der Waals surface area contributed by atoms with Gasteiger partial charge in [-0.25, -0.2) is 0 Å². The van der Waals surface area contributed by atoms with Crippen LogP contribution in [0.3, 0.4) is 0 Å². The Bertz CT molecular complexity index is 5470. The summed E-state index contributed by atoms with van der Waals surface area (Å²) in [5.41, 5.74) is 29.5. The van der Waals surface area contributed by atoms with Gasteiger partial charge in [-0.15, -0.1) is 11.3 Å². The molecule has 0 saturated heterocycles. The van der Waals surface area contributed by atoms with Crippen molar-refractivity contribution in [2.75, 3.05) is 19.6 Å².